The standard InChI is InChI=1S/C13H26O3Si3.C12H26O3Si4.C10H28O3Si3.C7H22O2Si3.C6H20O2Si3.14CH4/c1-12(2)14-19(6,13-10-8-7-9-11-13)16-18(5)15-17(3)4;1-16(2)13-19(14-17(3)4,15-18(5)6)12-10-8-7-9-11-12;1-10(2,3)11-16(8,9)13-14(4)12-15(5,6)7;1-10(8-11(2,3)4)9-12(5,6)7;1-9(2)7-11(5,6)8-10(3)4;;;;;;;;;;;;;;/h7-12,17-18H,1-6H3;7-11,16-18H,1-6H3;14H,1-9H3;10H,1-7H3;9-10H,1-6H3;14*1H4. The van der Waals surface area contributed by atoms with Crippen molar-refractivity contribution in [1.82, 2.24) is 0 Å². The maximum absolute atomic E-state index is 6.35. The first kappa shape index (κ1) is 136. The third-order valence-electron chi connectivity index (χ3n) is 8.51. The predicted molar refractivity (Wildman–Crippen MR) is 470 cm³/mol. The van der Waals surface area contributed by atoms with Gasteiger partial charge in [-0.2, -0.15) is 0 Å². The number of benzene rings is 2. The SMILES string of the molecule is C.C.C.C.C.C.C.C.C.C.C.C.C.C.CC(C)O[Si](C)(O[SiH](C)O[SiH](C)C)c1ccccc1.C[SiH](C)O[Si](C)(C)O[SiH](C)C.C[SiH](C)O[Si](O[SiH](C)C)(O[SiH](C)C)c1ccccc1.C[SiH](O[Si](C)(C)C)O[Si](C)(C)C.C[SiH](O[Si](C)(C)C)O[Si](C)(C)OC(C)(C)C. The average Bonchev–Trinajstić information content (AvgIpc) is 3.13. The molecule has 0 aliphatic rings. The van der Waals surface area contributed by atoms with E-state index < -0.39 is 142 Å². The van der Waals surface area contributed by atoms with Crippen LogP contribution in [0.25, 0.3) is 0 Å². The smallest absolute Gasteiger partial charge is 0.442 e. The summed E-state index contributed by atoms with van der Waals surface area (Å²) in [5.74, 6) is 0. The molecule has 3 atom stereocenters. The zero-order chi connectivity index (χ0) is 61.2. The molecule has 91 heavy (non-hydrogen) atoms. The Labute approximate surface area is 602 Å². The summed E-state index contributed by atoms with van der Waals surface area (Å²) in [6.45, 7) is 73.3. The molecule has 0 amide bonds. The van der Waals surface area contributed by atoms with Gasteiger partial charge in [0.1, 0.15) is 0 Å². The molecule has 2 rings (SSSR count). The molecule has 0 radical (unpaired) electrons. The average molecular weight is 1580 g/mol. The molecule has 3 unspecified atom stereocenters. The Morgan fingerprint density at radius 1 is 0.308 bits per heavy atom. The van der Waals surface area contributed by atoms with Crippen LogP contribution in [0.5, 0.6) is 0 Å². The van der Waals surface area contributed by atoms with Gasteiger partial charge in [-0.3, -0.25) is 0 Å². The van der Waals surface area contributed by atoms with Crippen LogP contribution in [-0.2, 0) is 54.1 Å². The molecule has 13 nitrogen and oxygen atoms in total. The Morgan fingerprint density at radius 2 is 0.571 bits per heavy atom. The molecular formula is C62H178O13Si16. The first-order valence-electron chi connectivity index (χ1n) is 28.4. The van der Waals surface area contributed by atoms with Crippen molar-refractivity contribution in [2.45, 2.75) is 340 Å². The minimum absolute atomic E-state index is 0. The molecule has 0 aliphatic carbocycles. The van der Waals surface area contributed by atoms with Gasteiger partial charge < -0.3 is 54.1 Å². The monoisotopic (exact) mass is 1580 g/mol. The fraction of sp³-hybridized carbons (Fsp3) is 0.806. The van der Waals surface area contributed by atoms with Crippen LogP contribution in [-0.4, -0.2) is 153 Å². The van der Waals surface area contributed by atoms with E-state index in [9.17, 15) is 0 Å². The number of hydrogen-bond donors (Lipinski definition) is 0. The molecule has 2 aromatic carbocycles. The first-order chi connectivity index (χ1) is 34.4. The Kier molecular flexibility index (Phi) is 94.8. The van der Waals surface area contributed by atoms with Crippen molar-refractivity contribution in [2.24, 2.45) is 0 Å². The highest BCUT2D eigenvalue weighted by molar-refractivity contribution is 6.89. The van der Waals surface area contributed by atoms with Crippen LogP contribution in [0, 0.1) is 0 Å². The van der Waals surface area contributed by atoms with Crippen LogP contribution in [0.4, 0.5) is 0 Å². The second kappa shape index (κ2) is 63.6. The minimum Gasteiger partial charge on any atom is -0.442 e. The van der Waals surface area contributed by atoms with Crippen LogP contribution in [0.1, 0.15) is 139 Å². The summed E-state index contributed by atoms with van der Waals surface area (Å²) in [5.41, 5.74) is -0.136. The van der Waals surface area contributed by atoms with E-state index in [0.29, 0.717) is 0 Å². The molecule has 0 saturated carbocycles. The fourth-order valence-electron chi connectivity index (χ4n) is 7.81. The highest BCUT2D eigenvalue weighted by Crippen LogP contribution is 2.21. The van der Waals surface area contributed by atoms with Crippen LogP contribution in [0.15, 0.2) is 60.7 Å². The Bertz CT molecular complexity index is 1740. The number of rotatable bonds is 27. The lowest BCUT2D eigenvalue weighted by Gasteiger charge is -2.35. The zero-order valence-corrected chi connectivity index (χ0v) is 73.2. The molecule has 0 aliphatic heterocycles. The van der Waals surface area contributed by atoms with E-state index in [-0.39, 0.29) is 116 Å². The van der Waals surface area contributed by atoms with E-state index in [1.807, 2.05) is 36.4 Å². The highest BCUT2D eigenvalue weighted by atomic mass is 28.5. The topological polar surface area (TPSA) is 120 Å². The third kappa shape index (κ3) is 82.0. The molecule has 0 heterocycles. The third-order valence-corrected chi connectivity index (χ3v) is 53.6. The molecule has 0 fully saturated rings. The summed E-state index contributed by atoms with van der Waals surface area (Å²) in [7, 11) is -24.0. The van der Waals surface area contributed by atoms with Gasteiger partial charge in [-0.1, -0.05) is 165 Å². The second-order valence-electron chi connectivity index (χ2n) is 26.1. The lowest BCUT2D eigenvalue weighted by Crippen LogP contribution is -2.61. The summed E-state index contributed by atoms with van der Waals surface area (Å²) in [4.78, 5) is 0. The summed E-state index contributed by atoms with van der Waals surface area (Å²) in [6.07, 6.45) is 0.161. The van der Waals surface area contributed by atoms with Crippen molar-refractivity contribution >= 4 is 152 Å². The summed E-state index contributed by atoms with van der Waals surface area (Å²) in [5, 5.41) is 2.30. The quantitative estimate of drug-likeness (QED) is 0.0790. The van der Waals surface area contributed by atoms with Gasteiger partial charge in [0, 0.05) is 11.3 Å². The summed E-state index contributed by atoms with van der Waals surface area (Å²) in [6, 6.07) is 20.6. The van der Waals surface area contributed by atoms with Crippen LogP contribution in [0.2, 0.25) is 190 Å². The van der Waals surface area contributed by atoms with E-state index in [1.165, 1.54) is 5.19 Å². The van der Waals surface area contributed by atoms with Gasteiger partial charge in [0.2, 0.25) is 0 Å². The maximum Gasteiger partial charge on any atom is 0.505 e. The summed E-state index contributed by atoms with van der Waals surface area (Å²) >= 11 is 0. The van der Waals surface area contributed by atoms with Gasteiger partial charge >= 0.3 is 34.5 Å². The van der Waals surface area contributed by atoms with E-state index in [0.717, 1.165) is 5.19 Å². The Morgan fingerprint density at radius 3 is 0.802 bits per heavy atom. The van der Waals surface area contributed by atoms with E-state index in [4.69, 9.17) is 54.1 Å². The van der Waals surface area contributed by atoms with E-state index >= 15 is 0 Å². The largest absolute Gasteiger partial charge is 0.505 e. The molecule has 0 N–H and O–H groups in total. The Hall–Kier alpha value is 1.39. The molecule has 0 aromatic heterocycles. The molecule has 2 aromatic rings. The molecule has 0 bridgehead atoms. The van der Waals surface area contributed by atoms with Crippen molar-refractivity contribution in [1.29, 1.82) is 0 Å². The van der Waals surface area contributed by atoms with Crippen LogP contribution < -0.4 is 10.4 Å². The van der Waals surface area contributed by atoms with Gasteiger partial charge in [0.25, 0.3) is 27.9 Å². The first-order valence-corrected chi connectivity index (χ1v) is 71.2. The molecule has 0 saturated heterocycles. The van der Waals surface area contributed by atoms with Crippen molar-refractivity contribution < 1.29 is 54.1 Å². The highest BCUT2D eigenvalue weighted by Gasteiger charge is 2.45. The molecular weight excluding hydrogens is 1400 g/mol. The number of hydrogen-bond acceptors (Lipinski definition) is 13. The summed E-state index contributed by atoms with van der Waals surface area (Å²) < 4.78 is 79.0. The van der Waals surface area contributed by atoms with Crippen LogP contribution >= 0.6 is 0 Å². The fourth-order valence-corrected chi connectivity index (χ4v) is 56.4. The lowest BCUT2D eigenvalue weighted by atomic mass is 10.2. The molecule has 29 heteroatoms. The van der Waals surface area contributed by atoms with Crippen molar-refractivity contribution in [3.05, 3.63) is 60.7 Å². The predicted octanol–water partition coefficient (Wildman–Crippen LogP) is 20.4. The van der Waals surface area contributed by atoms with Crippen molar-refractivity contribution in [3.63, 3.8) is 0 Å². The van der Waals surface area contributed by atoms with Gasteiger partial charge in [-0.25, -0.2) is 0 Å². The Balaban J connectivity index is -0.0000000489. The lowest BCUT2D eigenvalue weighted by molar-refractivity contribution is 0.0910. The van der Waals surface area contributed by atoms with Crippen LogP contribution in [0.3, 0.4) is 0 Å². The van der Waals surface area contributed by atoms with Gasteiger partial charge in [-0.05, 0) is 230 Å². The van der Waals surface area contributed by atoms with Gasteiger partial charge in [0.15, 0.2) is 79.2 Å². The van der Waals surface area contributed by atoms with E-state index in [1.54, 1.807) is 0 Å². The second-order valence-corrected chi connectivity index (χ2v) is 75.4. The van der Waals surface area contributed by atoms with Crippen molar-refractivity contribution in [3.8, 4) is 0 Å². The normalized spacial score (nSPS) is 12.4. The van der Waals surface area contributed by atoms with E-state index in [2.05, 4.69) is 249 Å². The molecule has 568 valence electrons. The van der Waals surface area contributed by atoms with Gasteiger partial charge in [-0.15, -0.1) is 0 Å². The minimum atomic E-state index is -2.68. The zero-order valence-electron chi connectivity index (χ0n) is 55.9. The van der Waals surface area contributed by atoms with Gasteiger partial charge in [0.05, 0.1) is 5.60 Å². The van der Waals surface area contributed by atoms with Crippen molar-refractivity contribution in [2.75, 3.05) is 0 Å². The molecule has 0 spiro atoms. The maximum atomic E-state index is 6.35.